The van der Waals surface area contributed by atoms with E-state index in [0.717, 1.165) is 11.3 Å². The molecule has 0 unspecified atom stereocenters. The number of benzene rings is 2. The molecule has 24 heavy (non-hydrogen) atoms. The standard InChI is InChI=1S/C22H24N2/c1-15-6-8-22(9-7-15)24-18(4)13-20(19(24)5)14-23-21-11-16(2)10-17(3)12-21/h6-14H,1-5H3. The summed E-state index contributed by atoms with van der Waals surface area (Å²) >= 11 is 0. The normalized spacial score (nSPS) is 11.4. The lowest BCUT2D eigenvalue weighted by Crippen LogP contribution is -1.99. The maximum absolute atomic E-state index is 4.68. The van der Waals surface area contributed by atoms with Crippen molar-refractivity contribution in [3.05, 3.63) is 82.2 Å². The number of hydrogen-bond donors (Lipinski definition) is 0. The molecule has 122 valence electrons. The third-order valence-electron chi connectivity index (χ3n) is 4.32. The molecule has 0 amide bonds. The molecule has 0 aliphatic carbocycles. The van der Waals surface area contributed by atoms with Gasteiger partial charge < -0.3 is 4.57 Å². The van der Waals surface area contributed by atoms with Crippen LogP contribution in [0.5, 0.6) is 0 Å². The van der Waals surface area contributed by atoms with Crippen molar-refractivity contribution in [1.29, 1.82) is 0 Å². The van der Waals surface area contributed by atoms with Crippen LogP contribution in [-0.4, -0.2) is 10.8 Å². The molecule has 0 fully saturated rings. The van der Waals surface area contributed by atoms with Crippen LogP contribution in [-0.2, 0) is 0 Å². The average Bonchev–Trinajstić information content (AvgIpc) is 2.80. The number of hydrogen-bond acceptors (Lipinski definition) is 1. The highest BCUT2D eigenvalue weighted by molar-refractivity contribution is 5.84. The van der Waals surface area contributed by atoms with E-state index < -0.39 is 0 Å². The molecule has 3 aromatic rings. The van der Waals surface area contributed by atoms with Gasteiger partial charge in [-0.1, -0.05) is 23.8 Å². The van der Waals surface area contributed by atoms with Crippen LogP contribution in [0.15, 0.2) is 53.5 Å². The number of aryl methyl sites for hydroxylation is 4. The third-order valence-corrected chi connectivity index (χ3v) is 4.32. The van der Waals surface area contributed by atoms with Crippen molar-refractivity contribution in [2.24, 2.45) is 4.99 Å². The Bertz CT molecular complexity index is 876. The van der Waals surface area contributed by atoms with E-state index in [2.05, 4.69) is 92.7 Å². The number of aromatic nitrogens is 1. The van der Waals surface area contributed by atoms with Gasteiger partial charge in [0.15, 0.2) is 0 Å². The van der Waals surface area contributed by atoms with Crippen LogP contribution in [0.3, 0.4) is 0 Å². The van der Waals surface area contributed by atoms with Crippen molar-refractivity contribution in [1.82, 2.24) is 4.57 Å². The zero-order valence-electron chi connectivity index (χ0n) is 15.1. The summed E-state index contributed by atoms with van der Waals surface area (Å²) in [6.07, 6.45) is 1.97. The van der Waals surface area contributed by atoms with Gasteiger partial charge in [0.25, 0.3) is 0 Å². The first kappa shape index (κ1) is 16.3. The smallest absolute Gasteiger partial charge is 0.0635 e. The van der Waals surface area contributed by atoms with E-state index in [0.29, 0.717) is 0 Å². The molecule has 0 aliphatic rings. The fourth-order valence-electron chi connectivity index (χ4n) is 3.18. The zero-order valence-corrected chi connectivity index (χ0v) is 15.1. The largest absolute Gasteiger partial charge is 0.318 e. The maximum Gasteiger partial charge on any atom is 0.0635 e. The number of nitrogens with zero attached hydrogens (tertiary/aromatic N) is 2. The van der Waals surface area contributed by atoms with E-state index in [1.165, 1.54) is 33.8 Å². The average molecular weight is 316 g/mol. The van der Waals surface area contributed by atoms with Gasteiger partial charge in [0.1, 0.15) is 0 Å². The van der Waals surface area contributed by atoms with Gasteiger partial charge in [0.05, 0.1) is 5.69 Å². The lowest BCUT2D eigenvalue weighted by molar-refractivity contribution is 0.964. The lowest BCUT2D eigenvalue weighted by atomic mass is 10.1. The first-order chi connectivity index (χ1) is 11.4. The molecule has 0 saturated heterocycles. The molecular formula is C22H24N2. The number of rotatable bonds is 3. The Morgan fingerprint density at radius 3 is 2.00 bits per heavy atom. The summed E-state index contributed by atoms with van der Waals surface area (Å²) in [5.41, 5.74) is 9.56. The molecule has 3 rings (SSSR count). The van der Waals surface area contributed by atoms with E-state index in [9.17, 15) is 0 Å². The Labute approximate surface area is 144 Å². The monoisotopic (exact) mass is 316 g/mol. The highest BCUT2D eigenvalue weighted by Crippen LogP contribution is 2.22. The van der Waals surface area contributed by atoms with Crippen LogP contribution in [0.1, 0.15) is 33.6 Å². The van der Waals surface area contributed by atoms with Gasteiger partial charge in [-0.25, -0.2) is 0 Å². The molecule has 0 saturated carbocycles. The molecule has 0 atom stereocenters. The third kappa shape index (κ3) is 3.33. The Kier molecular flexibility index (Phi) is 4.39. The van der Waals surface area contributed by atoms with Crippen molar-refractivity contribution in [2.45, 2.75) is 34.6 Å². The van der Waals surface area contributed by atoms with Crippen LogP contribution >= 0.6 is 0 Å². The predicted molar refractivity (Wildman–Crippen MR) is 103 cm³/mol. The molecule has 1 heterocycles. The van der Waals surface area contributed by atoms with Crippen molar-refractivity contribution in [2.75, 3.05) is 0 Å². The molecule has 2 aromatic carbocycles. The van der Waals surface area contributed by atoms with Crippen LogP contribution in [0.4, 0.5) is 5.69 Å². The summed E-state index contributed by atoms with van der Waals surface area (Å²) in [6, 6.07) is 17.2. The summed E-state index contributed by atoms with van der Waals surface area (Å²) in [4.78, 5) is 4.68. The first-order valence-electron chi connectivity index (χ1n) is 8.32. The zero-order chi connectivity index (χ0) is 17.3. The fourth-order valence-corrected chi connectivity index (χ4v) is 3.18. The summed E-state index contributed by atoms with van der Waals surface area (Å²) < 4.78 is 2.28. The van der Waals surface area contributed by atoms with E-state index in [1.54, 1.807) is 0 Å². The minimum atomic E-state index is 1.01. The van der Waals surface area contributed by atoms with Crippen LogP contribution in [0, 0.1) is 34.6 Å². The van der Waals surface area contributed by atoms with Gasteiger partial charge in [-0.15, -0.1) is 0 Å². The highest BCUT2D eigenvalue weighted by Gasteiger charge is 2.09. The van der Waals surface area contributed by atoms with Crippen LogP contribution in [0.25, 0.3) is 5.69 Å². The Morgan fingerprint density at radius 2 is 1.38 bits per heavy atom. The van der Waals surface area contributed by atoms with Crippen molar-refractivity contribution in [3.63, 3.8) is 0 Å². The Hall–Kier alpha value is -2.61. The van der Waals surface area contributed by atoms with Crippen molar-refractivity contribution < 1.29 is 0 Å². The van der Waals surface area contributed by atoms with Gasteiger partial charge in [-0.3, -0.25) is 4.99 Å². The van der Waals surface area contributed by atoms with Gasteiger partial charge in [-0.05, 0) is 76.1 Å². The second kappa shape index (κ2) is 6.48. The van der Waals surface area contributed by atoms with E-state index in [-0.39, 0.29) is 0 Å². The van der Waals surface area contributed by atoms with E-state index in [1.807, 2.05) is 6.21 Å². The van der Waals surface area contributed by atoms with Crippen molar-refractivity contribution >= 4 is 11.9 Å². The van der Waals surface area contributed by atoms with E-state index in [4.69, 9.17) is 0 Å². The predicted octanol–water partition coefficient (Wildman–Crippen LogP) is 5.77. The second-order valence-corrected chi connectivity index (χ2v) is 6.60. The van der Waals surface area contributed by atoms with Gasteiger partial charge >= 0.3 is 0 Å². The summed E-state index contributed by atoms with van der Waals surface area (Å²) in [6.45, 7) is 10.6. The van der Waals surface area contributed by atoms with Crippen molar-refractivity contribution in [3.8, 4) is 5.69 Å². The SMILES string of the molecule is Cc1ccc(-n2c(C)cc(C=Nc3cc(C)cc(C)c3)c2C)cc1. The van der Waals surface area contributed by atoms with E-state index >= 15 is 0 Å². The molecule has 0 radical (unpaired) electrons. The molecule has 0 spiro atoms. The molecule has 0 aliphatic heterocycles. The molecule has 2 heteroatoms. The summed E-state index contributed by atoms with van der Waals surface area (Å²) in [5.74, 6) is 0. The topological polar surface area (TPSA) is 17.3 Å². The summed E-state index contributed by atoms with van der Waals surface area (Å²) in [7, 11) is 0. The highest BCUT2D eigenvalue weighted by atomic mass is 15.0. The quantitative estimate of drug-likeness (QED) is 0.546. The molecule has 0 N–H and O–H groups in total. The first-order valence-corrected chi connectivity index (χ1v) is 8.32. The minimum absolute atomic E-state index is 1.01. The number of aliphatic imine (C=N–C) groups is 1. The van der Waals surface area contributed by atoms with Crippen LogP contribution < -0.4 is 0 Å². The second-order valence-electron chi connectivity index (χ2n) is 6.60. The molecule has 1 aromatic heterocycles. The Morgan fingerprint density at radius 1 is 0.750 bits per heavy atom. The van der Waals surface area contributed by atoms with Gasteiger partial charge in [0, 0.05) is 28.9 Å². The minimum Gasteiger partial charge on any atom is -0.318 e. The molecular weight excluding hydrogens is 292 g/mol. The maximum atomic E-state index is 4.68. The fraction of sp³-hybridized carbons (Fsp3) is 0.227. The lowest BCUT2D eigenvalue weighted by Gasteiger charge is -2.09. The summed E-state index contributed by atoms with van der Waals surface area (Å²) in [5, 5.41) is 0. The van der Waals surface area contributed by atoms with Crippen LogP contribution in [0.2, 0.25) is 0 Å². The molecule has 0 bridgehead atoms. The molecule has 2 nitrogen and oxygen atoms in total. The van der Waals surface area contributed by atoms with Gasteiger partial charge in [-0.2, -0.15) is 0 Å². The van der Waals surface area contributed by atoms with Gasteiger partial charge in [0.2, 0.25) is 0 Å². The Balaban J connectivity index is 1.97.